The average molecular weight is 386 g/mol. The van der Waals surface area contributed by atoms with Gasteiger partial charge in [0.25, 0.3) is 0 Å². The van der Waals surface area contributed by atoms with Crippen molar-refractivity contribution in [3.8, 4) is 11.5 Å². The van der Waals surface area contributed by atoms with Crippen molar-refractivity contribution >= 4 is 23.5 Å². The summed E-state index contributed by atoms with van der Waals surface area (Å²) in [4.78, 5) is 37.9. The molecule has 1 aromatic carbocycles. The van der Waals surface area contributed by atoms with Gasteiger partial charge in [0, 0.05) is 18.7 Å². The van der Waals surface area contributed by atoms with Gasteiger partial charge in [-0.3, -0.25) is 14.6 Å². The van der Waals surface area contributed by atoms with Crippen LogP contribution in [-0.4, -0.2) is 26.9 Å². The van der Waals surface area contributed by atoms with Crippen LogP contribution in [0.4, 0.5) is 0 Å². The van der Waals surface area contributed by atoms with E-state index >= 15 is 0 Å². The largest absolute Gasteiger partial charge is 0.439 e. The molecule has 27 heavy (non-hydrogen) atoms. The highest BCUT2D eigenvalue weighted by molar-refractivity contribution is 6.17. The molecule has 3 rings (SSSR count). The fourth-order valence-electron chi connectivity index (χ4n) is 2.37. The average Bonchev–Trinajstić information content (AvgIpc) is 3.12. The molecule has 0 aliphatic heterocycles. The van der Waals surface area contributed by atoms with Gasteiger partial charge in [-0.1, -0.05) is 24.3 Å². The van der Waals surface area contributed by atoms with E-state index in [0.717, 1.165) is 5.06 Å². The minimum absolute atomic E-state index is 0.0129. The monoisotopic (exact) mass is 385 g/mol. The summed E-state index contributed by atoms with van der Waals surface area (Å²) in [6.45, 7) is 1.17. The van der Waals surface area contributed by atoms with Gasteiger partial charge in [-0.15, -0.1) is 11.6 Å². The third-order valence-electron chi connectivity index (χ3n) is 3.54. The van der Waals surface area contributed by atoms with E-state index in [1.54, 1.807) is 36.5 Å². The molecule has 0 saturated heterocycles. The number of hydrogen-bond acceptors (Lipinski definition) is 6. The smallest absolute Gasteiger partial charge is 0.329 e. The molecule has 1 amide bonds. The summed E-state index contributed by atoms with van der Waals surface area (Å²) in [6.07, 6.45) is 1.58. The number of oxazole rings is 1. The van der Waals surface area contributed by atoms with Crippen molar-refractivity contribution in [1.29, 1.82) is 0 Å². The van der Waals surface area contributed by atoms with E-state index in [1.165, 1.54) is 6.92 Å². The SMILES string of the molecule is CC(=O)ON(Cc1ccccn1)C(=O)c1nc(-c2ccccc2)oc1CCl. The van der Waals surface area contributed by atoms with Crippen LogP contribution in [0.1, 0.15) is 28.9 Å². The second-order valence-corrected chi connectivity index (χ2v) is 5.80. The first-order chi connectivity index (χ1) is 13.1. The van der Waals surface area contributed by atoms with Crippen LogP contribution in [0.15, 0.2) is 59.1 Å². The summed E-state index contributed by atoms with van der Waals surface area (Å²) >= 11 is 5.92. The Morgan fingerprint density at radius 1 is 1.15 bits per heavy atom. The molecule has 2 heterocycles. The summed E-state index contributed by atoms with van der Waals surface area (Å²) in [6, 6.07) is 14.3. The molecule has 0 aliphatic rings. The second-order valence-electron chi connectivity index (χ2n) is 5.54. The Hall–Kier alpha value is -3.19. The van der Waals surface area contributed by atoms with E-state index in [-0.39, 0.29) is 29.8 Å². The van der Waals surface area contributed by atoms with Crippen molar-refractivity contribution in [3.05, 3.63) is 71.9 Å². The van der Waals surface area contributed by atoms with E-state index in [0.29, 0.717) is 11.3 Å². The van der Waals surface area contributed by atoms with Crippen LogP contribution >= 0.6 is 11.6 Å². The van der Waals surface area contributed by atoms with Gasteiger partial charge in [0.1, 0.15) is 6.54 Å². The van der Waals surface area contributed by atoms with Crippen LogP contribution in [0.5, 0.6) is 0 Å². The molecular weight excluding hydrogens is 370 g/mol. The van der Waals surface area contributed by atoms with Crippen LogP contribution < -0.4 is 0 Å². The number of amides is 1. The minimum atomic E-state index is -0.641. The first kappa shape index (κ1) is 18.6. The zero-order valence-electron chi connectivity index (χ0n) is 14.5. The van der Waals surface area contributed by atoms with Gasteiger partial charge in [0.05, 0.1) is 11.6 Å². The zero-order chi connectivity index (χ0) is 19.2. The Morgan fingerprint density at radius 3 is 2.52 bits per heavy atom. The van der Waals surface area contributed by atoms with Crippen molar-refractivity contribution in [2.24, 2.45) is 0 Å². The Balaban J connectivity index is 1.93. The number of benzene rings is 1. The molecule has 138 valence electrons. The van der Waals surface area contributed by atoms with Crippen LogP contribution in [0.3, 0.4) is 0 Å². The number of carbonyl (C=O) groups is 2. The van der Waals surface area contributed by atoms with Crippen molar-refractivity contribution in [1.82, 2.24) is 15.0 Å². The summed E-state index contributed by atoms with van der Waals surface area (Å²) in [5.41, 5.74) is 1.24. The van der Waals surface area contributed by atoms with E-state index < -0.39 is 11.9 Å². The molecule has 8 heteroatoms. The standard InChI is InChI=1S/C19H16ClN3O4/c1-13(24)27-23(12-15-9-5-6-10-21-15)19(25)17-16(11-20)26-18(22-17)14-7-3-2-4-8-14/h2-10H,11-12H2,1H3. The number of halogens is 1. The minimum Gasteiger partial charge on any atom is -0.439 e. The normalized spacial score (nSPS) is 10.4. The topological polar surface area (TPSA) is 85.5 Å². The van der Waals surface area contributed by atoms with Crippen LogP contribution in [0.25, 0.3) is 11.5 Å². The van der Waals surface area contributed by atoms with E-state index in [2.05, 4.69) is 9.97 Å². The summed E-state index contributed by atoms with van der Waals surface area (Å²) in [5.74, 6) is -0.886. The molecule has 0 radical (unpaired) electrons. The fourth-order valence-corrected chi connectivity index (χ4v) is 2.55. The maximum atomic E-state index is 12.9. The Labute approximate surface area is 160 Å². The highest BCUT2D eigenvalue weighted by Gasteiger charge is 2.27. The van der Waals surface area contributed by atoms with Gasteiger partial charge in [-0.25, -0.2) is 4.98 Å². The zero-order valence-corrected chi connectivity index (χ0v) is 15.2. The van der Waals surface area contributed by atoms with Crippen molar-refractivity contribution in [2.45, 2.75) is 19.3 Å². The predicted molar refractivity (Wildman–Crippen MR) is 97.4 cm³/mol. The number of aromatic nitrogens is 2. The fraction of sp³-hybridized carbons (Fsp3) is 0.158. The van der Waals surface area contributed by atoms with Crippen LogP contribution in [-0.2, 0) is 22.1 Å². The number of hydrogen-bond donors (Lipinski definition) is 0. The molecule has 2 aromatic heterocycles. The van der Waals surface area contributed by atoms with Crippen molar-refractivity contribution in [2.75, 3.05) is 0 Å². The Morgan fingerprint density at radius 2 is 1.89 bits per heavy atom. The molecule has 0 bridgehead atoms. The summed E-state index contributed by atoms with van der Waals surface area (Å²) in [5, 5.41) is 0.896. The van der Waals surface area contributed by atoms with E-state index in [1.807, 2.05) is 18.2 Å². The van der Waals surface area contributed by atoms with E-state index in [9.17, 15) is 9.59 Å². The lowest BCUT2D eigenvalue weighted by Gasteiger charge is -2.19. The quantitative estimate of drug-likeness (QED) is 0.492. The number of pyridine rings is 1. The molecular formula is C19H16ClN3O4. The molecule has 0 unspecified atom stereocenters. The van der Waals surface area contributed by atoms with Gasteiger partial charge in [0.2, 0.25) is 5.89 Å². The highest BCUT2D eigenvalue weighted by atomic mass is 35.5. The molecule has 0 N–H and O–H groups in total. The first-order valence-corrected chi connectivity index (χ1v) is 8.63. The van der Waals surface area contributed by atoms with Gasteiger partial charge in [-0.05, 0) is 24.3 Å². The highest BCUT2D eigenvalue weighted by Crippen LogP contribution is 2.24. The van der Waals surface area contributed by atoms with Crippen LogP contribution in [0.2, 0.25) is 0 Å². The molecule has 0 aliphatic carbocycles. The number of rotatable bonds is 5. The molecule has 0 atom stereocenters. The third kappa shape index (κ3) is 4.51. The van der Waals surface area contributed by atoms with E-state index in [4.69, 9.17) is 20.9 Å². The number of hydroxylamine groups is 2. The van der Waals surface area contributed by atoms with Gasteiger partial charge < -0.3 is 9.25 Å². The van der Waals surface area contributed by atoms with Crippen molar-refractivity contribution < 1.29 is 18.8 Å². The lowest BCUT2D eigenvalue weighted by Crippen LogP contribution is -2.33. The molecule has 7 nitrogen and oxygen atoms in total. The third-order valence-corrected chi connectivity index (χ3v) is 3.78. The summed E-state index contributed by atoms with van der Waals surface area (Å²) < 4.78 is 5.63. The molecule has 0 saturated carbocycles. The Kier molecular flexibility index (Phi) is 5.83. The lowest BCUT2D eigenvalue weighted by molar-refractivity contribution is -0.177. The number of carbonyl (C=O) groups excluding carboxylic acids is 2. The molecule has 0 spiro atoms. The lowest BCUT2D eigenvalue weighted by atomic mass is 10.2. The molecule has 3 aromatic rings. The van der Waals surface area contributed by atoms with Crippen LogP contribution in [0, 0.1) is 0 Å². The van der Waals surface area contributed by atoms with Gasteiger partial charge in [0.15, 0.2) is 11.5 Å². The number of alkyl halides is 1. The number of nitrogens with zero attached hydrogens (tertiary/aromatic N) is 3. The van der Waals surface area contributed by atoms with Gasteiger partial charge in [-0.2, -0.15) is 5.06 Å². The summed E-state index contributed by atoms with van der Waals surface area (Å²) in [7, 11) is 0. The first-order valence-electron chi connectivity index (χ1n) is 8.10. The maximum absolute atomic E-state index is 12.9. The predicted octanol–water partition coefficient (Wildman–Crippen LogP) is 3.60. The maximum Gasteiger partial charge on any atom is 0.329 e. The Bertz CT molecular complexity index is 929. The second kappa shape index (κ2) is 8.46. The van der Waals surface area contributed by atoms with Crippen molar-refractivity contribution in [3.63, 3.8) is 0 Å². The van der Waals surface area contributed by atoms with Gasteiger partial charge >= 0.3 is 11.9 Å². The molecule has 0 fully saturated rings.